The van der Waals surface area contributed by atoms with Gasteiger partial charge in [-0.3, -0.25) is 4.79 Å². The van der Waals surface area contributed by atoms with E-state index < -0.39 is 6.10 Å². The first kappa shape index (κ1) is 17.9. The number of nitrogens with zero attached hydrogens (tertiary/aromatic N) is 4. The van der Waals surface area contributed by atoms with Crippen LogP contribution in [-0.2, 0) is 11.3 Å². The molecule has 0 saturated carbocycles. The molecule has 6 heteroatoms. The number of hydrogen-bond acceptors (Lipinski definition) is 4. The predicted molar refractivity (Wildman–Crippen MR) is 101 cm³/mol. The smallest absolute Gasteiger partial charge is 0.263 e. The molecule has 0 saturated heterocycles. The summed E-state index contributed by atoms with van der Waals surface area (Å²) in [6, 6.07) is 14.1. The molecule has 26 heavy (non-hydrogen) atoms. The molecule has 1 amide bonds. The predicted octanol–water partition coefficient (Wildman–Crippen LogP) is 3.44. The normalized spacial score (nSPS) is 12.3. The Hall–Kier alpha value is -2.89. The maximum atomic E-state index is 12.7. The molecule has 1 aromatic heterocycles. The lowest BCUT2D eigenvalue weighted by atomic mass is 10.1. The van der Waals surface area contributed by atoms with Gasteiger partial charge in [-0.1, -0.05) is 30.3 Å². The second-order valence-electron chi connectivity index (χ2n) is 6.71. The van der Waals surface area contributed by atoms with Crippen molar-refractivity contribution in [3.05, 3.63) is 54.6 Å². The third-order valence-electron chi connectivity index (χ3n) is 4.34. The van der Waals surface area contributed by atoms with E-state index >= 15 is 0 Å². The van der Waals surface area contributed by atoms with Gasteiger partial charge >= 0.3 is 0 Å². The summed E-state index contributed by atoms with van der Waals surface area (Å²) in [5.74, 6) is 1.34. The van der Waals surface area contributed by atoms with E-state index in [9.17, 15) is 4.79 Å². The number of fused-ring (bicyclic) bond motifs is 1. The first-order valence-corrected chi connectivity index (χ1v) is 8.74. The van der Waals surface area contributed by atoms with Gasteiger partial charge in [-0.2, -0.15) is 0 Å². The molecular formula is C20H24N4O2. The van der Waals surface area contributed by atoms with Crippen LogP contribution in [0.1, 0.15) is 32.6 Å². The molecule has 0 spiro atoms. The highest BCUT2D eigenvalue weighted by molar-refractivity contribution is 5.84. The van der Waals surface area contributed by atoms with Crippen molar-refractivity contribution >= 4 is 16.7 Å². The highest BCUT2D eigenvalue weighted by Crippen LogP contribution is 2.22. The van der Waals surface area contributed by atoms with Gasteiger partial charge in [0.1, 0.15) is 12.1 Å². The van der Waals surface area contributed by atoms with E-state index in [-0.39, 0.29) is 11.9 Å². The molecule has 0 fully saturated rings. The van der Waals surface area contributed by atoms with E-state index in [2.05, 4.69) is 24.0 Å². The summed E-state index contributed by atoms with van der Waals surface area (Å²) in [4.78, 5) is 14.3. The van der Waals surface area contributed by atoms with Crippen LogP contribution in [0.25, 0.3) is 10.8 Å². The van der Waals surface area contributed by atoms with Gasteiger partial charge < -0.3 is 14.2 Å². The molecule has 0 radical (unpaired) electrons. The highest BCUT2D eigenvalue weighted by atomic mass is 16.5. The third-order valence-corrected chi connectivity index (χ3v) is 4.34. The van der Waals surface area contributed by atoms with E-state index in [1.54, 1.807) is 25.2 Å². The molecule has 0 N–H and O–H groups in total. The summed E-state index contributed by atoms with van der Waals surface area (Å²) in [5, 5.41) is 10.3. The lowest BCUT2D eigenvalue weighted by molar-refractivity contribution is -0.137. The van der Waals surface area contributed by atoms with Crippen molar-refractivity contribution in [2.24, 2.45) is 0 Å². The average Bonchev–Trinajstić information content (AvgIpc) is 3.09. The zero-order chi connectivity index (χ0) is 18.7. The van der Waals surface area contributed by atoms with E-state index in [0.717, 1.165) is 16.6 Å². The number of likely N-dealkylation sites (N-methyl/N-ethyl adjacent to an activating group) is 1. The van der Waals surface area contributed by atoms with Crippen LogP contribution >= 0.6 is 0 Å². The van der Waals surface area contributed by atoms with Crippen molar-refractivity contribution in [2.75, 3.05) is 7.05 Å². The van der Waals surface area contributed by atoms with Crippen molar-refractivity contribution in [2.45, 2.75) is 39.5 Å². The van der Waals surface area contributed by atoms with Crippen LogP contribution in [0.4, 0.5) is 0 Å². The second-order valence-corrected chi connectivity index (χ2v) is 6.71. The Morgan fingerprint density at radius 1 is 1.15 bits per heavy atom. The molecule has 0 bridgehead atoms. The van der Waals surface area contributed by atoms with Gasteiger partial charge in [0, 0.05) is 13.1 Å². The summed E-state index contributed by atoms with van der Waals surface area (Å²) < 4.78 is 7.83. The van der Waals surface area contributed by atoms with Crippen LogP contribution in [0, 0.1) is 0 Å². The fourth-order valence-corrected chi connectivity index (χ4v) is 2.91. The van der Waals surface area contributed by atoms with Crippen LogP contribution in [-0.4, -0.2) is 38.7 Å². The van der Waals surface area contributed by atoms with Gasteiger partial charge in [-0.05, 0) is 43.7 Å². The fourth-order valence-electron chi connectivity index (χ4n) is 2.91. The number of ether oxygens (including phenoxy) is 1. The van der Waals surface area contributed by atoms with Crippen LogP contribution in [0.15, 0.2) is 48.8 Å². The Kier molecular flexibility index (Phi) is 5.21. The average molecular weight is 352 g/mol. The number of carbonyl (C=O) groups is 1. The Bertz CT molecular complexity index is 903. The van der Waals surface area contributed by atoms with Crippen molar-refractivity contribution in [1.82, 2.24) is 19.7 Å². The maximum absolute atomic E-state index is 12.7. The first-order valence-electron chi connectivity index (χ1n) is 8.74. The molecule has 2 aromatic carbocycles. The van der Waals surface area contributed by atoms with E-state index in [4.69, 9.17) is 4.74 Å². The Morgan fingerprint density at radius 2 is 1.88 bits per heavy atom. The van der Waals surface area contributed by atoms with Crippen molar-refractivity contribution < 1.29 is 9.53 Å². The maximum Gasteiger partial charge on any atom is 0.263 e. The van der Waals surface area contributed by atoms with Crippen LogP contribution in [0.5, 0.6) is 5.75 Å². The summed E-state index contributed by atoms with van der Waals surface area (Å²) in [5.41, 5.74) is 0. The lowest BCUT2D eigenvalue weighted by Gasteiger charge is -2.22. The third kappa shape index (κ3) is 3.85. The molecule has 136 valence electrons. The van der Waals surface area contributed by atoms with Gasteiger partial charge in [-0.25, -0.2) is 0 Å². The standard InChI is InChI=1S/C20H24N4O2/c1-14(2)24-13-21-22-19(24)12-23(4)20(25)15(3)26-18-10-9-16-7-5-6-8-17(16)11-18/h5-11,13-15H,12H2,1-4H3/t15-/m0/s1. The molecule has 0 aliphatic heterocycles. The van der Waals surface area contributed by atoms with Gasteiger partial charge in [0.05, 0.1) is 6.54 Å². The largest absolute Gasteiger partial charge is 0.481 e. The minimum Gasteiger partial charge on any atom is -0.481 e. The molecule has 3 rings (SSSR count). The number of carbonyl (C=O) groups excluding carboxylic acids is 1. The second kappa shape index (κ2) is 7.56. The summed E-state index contributed by atoms with van der Waals surface area (Å²) in [6.45, 7) is 6.27. The molecule has 6 nitrogen and oxygen atoms in total. The molecule has 0 aliphatic rings. The number of rotatable bonds is 6. The fraction of sp³-hybridized carbons (Fsp3) is 0.350. The number of amides is 1. The lowest BCUT2D eigenvalue weighted by Crippen LogP contribution is -2.38. The minimum absolute atomic E-state index is 0.100. The molecule has 3 aromatic rings. The van der Waals surface area contributed by atoms with Gasteiger partial charge in [0.2, 0.25) is 0 Å². The van der Waals surface area contributed by atoms with E-state index in [0.29, 0.717) is 12.3 Å². The Morgan fingerprint density at radius 3 is 2.62 bits per heavy atom. The van der Waals surface area contributed by atoms with Crippen molar-refractivity contribution in [1.29, 1.82) is 0 Å². The Balaban J connectivity index is 1.67. The monoisotopic (exact) mass is 352 g/mol. The van der Waals surface area contributed by atoms with Crippen molar-refractivity contribution in [3.8, 4) is 5.75 Å². The van der Waals surface area contributed by atoms with Crippen LogP contribution in [0.3, 0.4) is 0 Å². The van der Waals surface area contributed by atoms with Crippen LogP contribution in [0.2, 0.25) is 0 Å². The van der Waals surface area contributed by atoms with Gasteiger partial charge in [0.15, 0.2) is 11.9 Å². The minimum atomic E-state index is -0.586. The molecule has 1 heterocycles. The van der Waals surface area contributed by atoms with Crippen molar-refractivity contribution in [3.63, 3.8) is 0 Å². The van der Waals surface area contributed by atoms with E-state index in [1.165, 1.54) is 0 Å². The zero-order valence-electron chi connectivity index (χ0n) is 15.6. The quantitative estimate of drug-likeness (QED) is 0.682. The molecule has 0 unspecified atom stereocenters. The number of benzene rings is 2. The molecule has 1 atom stereocenters. The summed E-state index contributed by atoms with van der Waals surface area (Å²) in [7, 11) is 1.75. The van der Waals surface area contributed by atoms with Gasteiger partial charge in [0.25, 0.3) is 5.91 Å². The van der Waals surface area contributed by atoms with Crippen LogP contribution < -0.4 is 4.74 Å². The number of hydrogen-bond donors (Lipinski definition) is 0. The molecular weight excluding hydrogens is 328 g/mol. The summed E-state index contributed by atoms with van der Waals surface area (Å²) in [6.07, 6.45) is 1.10. The first-order chi connectivity index (χ1) is 12.5. The Labute approximate surface area is 153 Å². The van der Waals surface area contributed by atoms with E-state index in [1.807, 2.05) is 47.0 Å². The van der Waals surface area contributed by atoms with Gasteiger partial charge in [-0.15, -0.1) is 10.2 Å². The molecule has 0 aliphatic carbocycles. The highest BCUT2D eigenvalue weighted by Gasteiger charge is 2.21. The SMILES string of the molecule is CC(C)n1cnnc1CN(C)C(=O)[C@H](C)Oc1ccc2ccccc2c1. The summed E-state index contributed by atoms with van der Waals surface area (Å²) >= 11 is 0. The topological polar surface area (TPSA) is 60.2 Å². The number of aromatic nitrogens is 3. The zero-order valence-corrected chi connectivity index (χ0v) is 15.6.